The van der Waals surface area contributed by atoms with E-state index in [4.69, 9.17) is 4.74 Å². The molecule has 2 aliphatic rings. The number of ether oxygens (including phenoxy) is 1. The number of hydrogen-bond acceptors (Lipinski definition) is 3. The average Bonchev–Trinajstić information content (AvgIpc) is 2.55. The second kappa shape index (κ2) is 8.13. The topological polar surface area (TPSA) is 41.6 Å². The Morgan fingerprint density at radius 1 is 1.26 bits per heavy atom. The van der Waals surface area contributed by atoms with Crippen molar-refractivity contribution in [3.8, 4) is 0 Å². The molecule has 1 N–H and O–H groups in total. The molecule has 128 valence electrons. The van der Waals surface area contributed by atoms with Crippen LogP contribution in [0, 0.1) is 5.92 Å². The number of benzene rings is 1. The van der Waals surface area contributed by atoms with Gasteiger partial charge >= 0.3 is 0 Å². The predicted molar refractivity (Wildman–Crippen MR) is 93.7 cm³/mol. The van der Waals surface area contributed by atoms with Gasteiger partial charge in [-0.15, -0.1) is 12.4 Å². The molecular weight excluding hydrogens is 312 g/mol. The van der Waals surface area contributed by atoms with Gasteiger partial charge in [-0.05, 0) is 38.8 Å². The number of carbonyl (C=O) groups excluding carboxylic acids is 1. The van der Waals surface area contributed by atoms with E-state index in [1.165, 1.54) is 5.56 Å². The van der Waals surface area contributed by atoms with Gasteiger partial charge in [-0.3, -0.25) is 4.79 Å². The zero-order valence-electron chi connectivity index (χ0n) is 13.9. The molecule has 4 nitrogen and oxygen atoms in total. The van der Waals surface area contributed by atoms with Crippen molar-refractivity contribution >= 4 is 18.3 Å². The van der Waals surface area contributed by atoms with Crippen molar-refractivity contribution in [3.63, 3.8) is 0 Å². The summed E-state index contributed by atoms with van der Waals surface area (Å²) in [6.07, 6.45) is 1.99. The highest BCUT2D eigenvalue weighted by atomic mass is 35.5. The molecule has 3 rings (SSSR count). The third-order valence-corrected chi connectivity index (χ3v) is 4.81. The first-order chi connectivity index (χ1) is 10.6. The Labute approximate surface area is 145 Å². The predicted octanol–water partition coefficient (Wildman–Crippen LogP) is 2.78. The van der Waals surface area contributed by atoms with Crippen LogP contribution in [0.2, 0.25) is 0 Å². The zero-order chi connectivity index (χ0) is 15.5. The van der Waals surface area contributed by atoms with Gasteiger partial charge in [0.05, 0.1) is 18.8 Å². The molecule has 0 saturated carbocycles. The van der Waals surface area contributed by atoms with Crippen molar-refractivity contribution in [3.05, 3.63) is 35.9 Å². The molecule has 1 amide bonds. The van der Waals surface area contributed by atoms with Crippen molar-refractivity contribution in [1.29, 1.82) is 0 Å². The third kappa shape index (κ3) is 4.25. The van der Waals surface area contributed by atoms with Gasteiger partial charge in [-0.25, -0.2) is 0 Å². The van der Waals surface area contributed by atoms with E-state index in [0.717, 1.165) is 19.4 Å². The second-order valence-corrected chi connectivity index (χ2v) is 6.64. The van der Waals surface area contributed by atoms with Crippen LogP contribution in [0.15, 0.2) is 30.3 Å². The summed E-state index contributed by atoms with van der Waals surface area (Å²) in [4.78, 5) is 15.1. The van der Waals surface area contributed by atoms with E-state index < -0.39 is 0 Å². The smallest absolute Gasteiger partial charge is 0.226 e. The van der Waals surface area contributed by atoms with Crippen LogP contribution in [0.25, 0.3) is 0 Å². The van der Waals surface area contributed by atoms with Crippen LogP contribution in [0.1, 0.15) is 38.3 Å². The summed E-state index contributed by atoms with van der Waals surface area (Å²) in [6.45, 7) is 6.43. The molecule has 4 atom stereocenters. The summed E-state index contributed by atoms with van der Waals surface area (Å²) in [5, 5.41) is 3.43. The lowest BCUT2D eigenvalue weighted by atomic mass is 9.90. The fourth-order valence-electron chi connectivity index (χ4n) is 3.59. The maximum Gasteiger partial charge on any atom is 0.226 e. The number of piperidine rings is 1. The number of amides is 1. The Morgan fingerprint density at radius 2 is 2.00 bits per heavy atom. The Kier molecular flexibility index (Phi) is 6.45. The van der Waals surface area contributed by atoms with Gasteiger partial charge in [-0.2, -0.15) is 0 Å². The van der Waals surface area contributed by atoms with Crippen LogP contribution in [-0.2, 0) is 9.53 Å². The number of nitrogens with zero attached hydrogens (tertiary/aromatic N) is 1. The van der Waals surface area contributed by atoms with Gasteiger partial charge in [0.2, 0.25) is 5.91 Å². The number of halogens is 1. The molecule has 2 heterocycles. The highest BCUT2D eigenvalue weighted by Crippen LogP contribution is 2.30. The third-order valence-electron chi connectivity index (χ3n) is 4.81. The van der Waals surface area contributed by atoms with Crippen molar-refractivity contribution in [1.82, 2.24) is 10.2 Å². The summed E-state index contributed by atoms with van der Waals surface area (Å²) in [5.74, 6) is 0.449. The van der Waals surface area contributed by atoms with E-state index in [9.17, 15) is 4.79 Å². The van der Waals surface area contributed by atoms with Crippen LogP contribution in [-0.4, -0.2) is 42.6 Å². The Bertz CT molecular complexity index is 511. The van der Waals surface area contributed by atoms with Crippen LogP contribution in [0.4, 0.5) is 0 Å². The number of morpholine rings is 1. The van der Waals surface area contributed by atoms with Gasteiger partial charge in [-0.1, -0.05) is 30.3 Å². The highest BCUT2D eigenvalue weighted by Gasteiger charge is 2.36. The summed E-state index contributed by atoms with van der Waals surface area (Å²) in [7, 11) is 0. The van der Waals surface area contributed by atoms with Crippen molar-refractivity contribution < 1.29 is 9.53 Å². The molecule has 2 saturated heterocycles. The minimum atomic E-state index is 0. The zero-order valence-corrected chi connectivity index (χ0v) is 14.7. The van der Waals surface area contributed by atoms with Gasteiger partial charge in [0.1, 0.15) is 0 Å². The maximum absolute atomic E-state index is 13.1. The molecule has 0 aliphatic carbocycles. The molecular formula is C18H27ClN2O2. The lowest BCUT2D eigenvalue weighted by Gasteiger charge is -2.41. The number of hydrogen-bond donors (Lipinski definition) is 1. The maximum atomic E-state index is 13.1. The average molecular weight is 339 g/mol. The minimum absolute atomic E-state index is 0. The number of carbonyl (C=O) groups is 1. The molecule has 5 heteroatoms. The molecule has 0 spiro atoms. The fraction of sp³-hybridized carbons (Fsp3) is 0.611. The molecule has 0 bridgehead atoms. The summed E-state index contributed by atoms with van der Waals surface area (Å²) >= 11 is 0. The highest BCUT2D eigenvalue weighted by molar-refractivity contribution is 5.85. The number of rotatable bonds is 2. The van der Waals surface area contributed by atoms with Gasteiger partial charge in [0.15, 0.2) is 0 Å². The Morgan fingerprint density at radius 3 is 2.70 bits per heavy atom. The standard InChI is InChI=1S/C18H26N2O2.ClH/c1-13-10-16(8-9-19-13)18(21)20-11-14(2)22-12-17(20)15-6-4-3-5-7-15;/h3-7,13-14,16-17,19H,8-12H2,1-2H3;1H/t13-,14?,16-,17?;/m0./s1. The molecule has 23 heavy (non-hydrogen) atoms. The van der Waals surface area contributed by atoms with Gasteiger partial charge in [0, 0.05) is 18.5 Å². The largest absolute Gasteiger partial charge is 0.374 e. The summed E-state index contributed by atoms with van der Waals surface area (Å²) in [6, 6.07) is 10.7. The first-order valence-corrected chi connectivity index (χ1v) is 8.35. The molecule has 0 radical (unpaired) electrons. The quantitative estimate of drug-likeness (QED) is 0.901. The van der Waals surface area contributed by atoms with Crippen LogP contribution >= 0.6 is 12.4 Å². The van der Waals surface area contributed by atoms with Gasteiger partial charge in [0.25, 0.3) is 0 Å². The molecule has 2 fully saturated rings. The summed E-state index contributed by atoms with van der Waals surface area (Å²) < 4.78 is 5.83. The van der Waals surface area contributed by atoms with E-state index in [1.54, 1.807) is 0 Å². The Hall–Kier alpha value is -1.10. The lowest BCUT2D eigenvalue weighted by molar-refractivity contribution is -0.150. The van der Waals surface area contributed by atoms with Crippen molar-refractivity contribution in [2.75, 3.05) is 19.7 Å². The molecule has 1 aromatic rings. The molecule has 1 aromatic carbocycles. The summed E-state index contributed by atoms with van der Waals surface area (Å²) in [5.41, 5.74) is 1.17. The van der Waals surface area contributed by atoms with Crippen LogP contribution in [0.5, 0.6) is 0 Å². The van der Waals surface area contributed by atoms with Crippen LogP contribution in [0.3, 0.4) is 0 Å². The van der Waals surface area contributed by atoms with E-state index in [0.29, 0.717) is 25.1 Å². The fourth-order valence-corrected chi connectivity index (χ4v) is 3.59. The monoisotopic (exact) mass is 338 g/mol. The van der Waals surface area contributed by atoms with Crippen LogP contribution < -0.4 is 5.32 Å². The SMILES string of the molecule is CC1CN(C(=O)[C@H]2CCN[C@@H](C)C2)C(c2ccccc2)CO1.Cl. The van der Waals surface area contributed by atoms with Crippen molar-refractivity contribution in [2.24, 2.45) is 5.92 Å². The normalized spacial score (nSPS) is 31.3. The first kappa shape index (κ1) is 18.2. The van der Waals surface area contributed by atoms with E-state index in [1.807, 2.05) is 25.1 Å². The van der Waals surface area contributed by atoms with Gasteiger partial charge < -0.3 is 15.0 Å². The molecule has 2 aliphatic heterocycles. The minimum Gasteiger partial charge on any atom is -0.374 e. The Balaban J connectivity index is 0.00000192. The van der Waals surface area contributed by atoms with E-state index >= 15 is 0 Å². The lowest BCUT2D eigenvalue weighted by Crippen LogP contribution is -2.51. The second-order valence-electron chi connectivity index (χ2n) is 6.64. The van der Waals surface area contributed by atoms with E-state index in [-0.39, 0.29) is 30.5 Å². The molecule has 2 unspecified atom stereocenters. The van der Waals surface area contributed by atoms with Crippen molar-refractivity contribution in [2.45, 2.75) is 44.9 Å². The first-order valence-electron chi connectivity index (χ1n) is 8.35. The van der Waals surface area contributed by atoms with E-state index in [2.05, 4.69) is 29.3 Å². The number of nitrogens with one attached hydrogen (secondary N) is 1. The molecule has 0 aromatic heterocycles.